The first kappa shape index (κ1) is 16.7. The van der Waals surface area contributed by atoms with Gasteiger partial charge in [-0.15, -0.1) is 0 Å². The molecular formula is C16H19N3O4. The highest BCUT2D eigenvalue weighted by atomic mass is 16.5. The molecule has 23 heavy (non-hydrogen) atoms. The van der Waals surface area contributed by atoms with Crippen LogP contribution in [0.5, 0.6) is 0 Å². The molecule has 0 aliphatic heterocycles. The molecule has 2 rings (SSSR count). The van der Waals surface area contributed by atoms with Crippen LogP contribution in [0.4, 0.5) is 0 Å². The second kappa shape index (κ2) is 7.04. The summed E-state index contributed by atoms with van der Waals surface area (Å²) in [4.78, 5) is 42.5. The minimum atomic E-state index is -0.545. The molecule has 0 fully saturated rings. The third kappa shape index (κ3) is 3.74. The highest BCUT2D eigenvalue weighted by Crippen LogP contribution is 2.08. The third-order valence-corrected chi connectivity index (χ3v) is 3.60. The zero-order chi connectivity index (χ0) is 17.0. The summed E-state index contributed by atoms with van der Waals surface area (Å²) in [7, 11) is 0. The van der Waals surface area contributed by atoms with Crippen molar-refractivity contribution in [3.05, 3.63) is 40.4 Å². The summed E-state index contributed by atoms with van der Waals surface area (Å²) in [6.45, 7) is 5.36. The average Bonchev–Trinajstić information content (AvgIpc) is 2.54. The molecule has 122 valence electrons. The van der Waals surface area contributed by atoms with Crippen LogP contribution in [0, 0.1) is 5.92 Å². The van der Waals surface area contributed by atoms with Gasteiger partial charge in [-0.1, -0.05) is 12.1 Å². The Morgan fingerprint density at radius 1 is 1.30 bits per heavy atom. The van der Waals surface area contributed by atoms with Gasteiger partial charge in [0.05, 0.1) is 23.4 Å². The molecule has 2 atom stereocenters. The van der Waals surface area contributed by atoms with Gasteiger partial charge in [-0.3, -0.25) is 14.4 Å². The Hall–Kier alpha value is -2.70. The lowest BCUT2D eigenvalue weighted by Gasteiger charge is -2.19. The standard InChI is InChI=1S/C16H19N3O4/c1-4-23-16(22)9(2)10(3)17-15(21)13-18-12-8-6-5-7-11(12)14(20)19-13/h5-10H,4H2,1-3H3,(H,17,21)(H,18,19,20)/t9-,10+/m0/s1. The van der Waals surface area contributed by atoms with E-state index in [9.17, 15) is 14.4 Å². The molecule has 0 saturated carbocycles. The van der Waals surface area contributed by atoms with E-state index < -0.39 is 17.9 Å². The van der Waals surface area contributed by atoms with E-state index in [0.717, 1.165) is 0 Å². The fourth-order valence-electron chi connectivity index (χ4n) is 2.07. The molecule has 1 amide bonds. The van der Waals surface area contributed by atoms with Crippen LogP contribution in [-0.4, -0.2) is 34.5 Å². The van der Waals surface area contributed by atoms with Crippen LogP contribution in [0.25, 0.3) is 10.9 Å². The first-order valence-corrected chi connectivity index (χ1v) is 7.40. The van der Waals surface area contributed by atoms with Crippen LogP contribution in [0.1, 0.15) is 31.4 Å². The molecule has 0 bridgehead atoms. The van der Waals surface area contributed by atoms with E-state index in [2.05, 4.69) is 15.3 Å². The summed E-state index contributed by atoms with van der Waals surface area (Å²) in [5, 5.41) is 3.07. The van der Waals surface area contributed by atoms with E-state index in [1.165, 1.54) is 0 Å². The SMILES string of the molecule is CCOC(=O)[C@@H](C)[C@@H](C)NC(=O)c1nc2ccccc2c(=O)[nH]1. The number of carbonyl (C=O) groups excluding carboxylic acids is 2. The smallest absolute Gasteiger partial charge is 0.310 e. The summed E-state index contributed by atoms with van der Waals surface area (Å²) in [6, 6.07) is 6.29. The molecular weight excluding hydrogens is 298 g/mol. The van der Waals surface area contributed by atoms with E-state index in [4.69, 9.17) is 4.74 Å². The molecule has 2 aromatic rings. The minimum Gasteiger partial charge on any atom is -0.466 e. The molecule has 1 aromatic carbocycles. The predicted molar refractivity (Wildman–Crippen MR) is 85.1 cm³/mol. The Morgan fingerprint density at radius 2 is 2.00 bits per heavy atom. The van der Waals surface area contributed by atoms with Crippen LogP contribution in [-0.2, 0) is 9.53 Å². The number of aromatic amines is 1. The third-order valence-electron chi connectivity index (χ3n) is 3.60. The lowest BCUT2D eigenvalue weighted by molar-refractivity contribution is -0.148. The lowest BCUT2D eigenvalue weighted by atomic mass is 10.0. The zero-order valence-corrected chi connectivity index (χ0v) is 13.3. The number of para-hydroxylation sites is 1. The summed E-state index contributed by atoms with van der Waals surface area (Å²) >= 11 is 0. The zero-order valence-electron chi connectivity index (χ0n) is 13.3. The van der Waals surface area contributed by atoms with Gasteiger partial charge in [-0.2, -0.15) is 0 Å². The van der Waals surface area contributed by atoms with Crippen LogP contribution in [0.15, 0.2) is 29.1 Å². The van der Waals surface area contributed by atoms with Gasteiger partial charge in [-0.05, 0) is 32.9 Å². The van der Waals surface area contributed by atoms with E-state index in [1.807, 2.05) is 0 Å². The minimum absolute atomic E-state index is 0.0865. The molecule has 0 spiro atoms. The van der Waals surface area contributed by atoms with Gasteiger partial charge in [0.1, 0.15) is 0 Å². The summed E-state index contributed by atoms with van der Waals surface area (Å²) in [5.41, 5.74) is 0.0549. The van der Waals surface area contributed by atoms with Crippen molar-refractivity contribution in [1.82, 2.24) is 15.3 Å². The van der Waals surface area contributed by atoms with Crippen LogP contribution in [0.3, 0.4) is 0 Å². The first-order valence-electron chi connectivity index (χ1n) is 7.40. The molecule has 1 aromatic heterocycles. The molecule has 0 aliphatic carbocycles. The highest BCUT2D eigenvalue weighted by Gasteiger charge is 2.24. The molecule has 2 N–H and O–H groups in total. The predicted octanol–water partition coefficient (Wildman–Crippen LogP) is 1.24. The fourth-order valence-corrected chi connectivity index (χ4v) is 2.07. The number of esters is 1. The van der Waals surface area contributed by atoms with Crippen molar-refractivity contribution in [1.29, 1.82) is 0 Å². The molecule has 1 heterocycles. The number of ether oxygens (including phenoxy) is 1. The van der Waals surface area contributed by atoms with Crippen molar-refractivity contribution in [3.63, 3.8) is 0 Å². The van der Waals surface area contributed by atoms with Crippen molar-refractivity contribution in [2.24, 2.45) is 5.92 Å². The Morgan fingerprint density at radius 3 is 2.70 bits per heavy atom. The number of benzene rings is 1. The summed E-state index contributed by atoms with van der Waals surface area (Å²) in [6.07, 6.45) is 0. The van der Waals surface area contributed by atoms with Crippen molar-refractivity contribution in [2.75, 3.05) is 6.61 Å². The second-order valence-electron chi connectivity index (χ2n) is 5.23. The molecule has 0 aliphatic rings. The van der Waals surface area contributed by atoms with Crippen molar-refractivity contribution in [3.8, 4) is 0 Å². The molecule has 0 unspecified atom stereocenters. The van der Waals surface area contributed by atoms with E-state index in [-0.39, 0.29) is 24.0 Å². The van der Waals surface area contributed by atoms with Gasteiger partial charge in [0.15, 0.2) is 5.82 Å². The summed E-state index contributed by atoms with van der Waals surface area (Å²) in [5.74, 6) is -1.53. The van der Waals surface area contributed by atoms with Crippen molar-refractivity contribution < 1.29 is 14.3 Å². The van der Waals surface area contributed by atoms with Crippen LogP contribution < -0.4 is 10.9 Å². The Kier molecular flexibility index (Phi) is 5.10. The van der Waals surface area contributed by atoms with Crippen LogP contribution in [0.2, 0.25) is 0 Å². The van der Waals surface area contributed by atoms with Gasteiger partial charge in [0.2, 0.25) is 0 Å². The Balaban J connectivity index is 2.18. The van der Waals surface area contributed by atoms with Gasteiger partial charge in [0.25, 0.3) is 11.5 Å². The quantitative estimate of drug-likeness (QED) is 0.808. The fraction of sp³-hybridized carbons (Fsp3) is 0.375. The number of rotatable bonds is 5. The van der Waals surface area contributed by atoms with Gasteiger partial charge in [-0.25, -0.2) is 4.98 Å². The number of carbonyl (C=O) groups is 2. The maximum atomic E-state index is 12.2. The van der Waals surface area contributed by atoms with E-state index >= 15 is 0 Å². The average molecular weight is 317 g/mol. The van der Waals surface area contributed by atoms with E-state index in [1.54, 1.807) is 45.0 Å². The van der Waals surface area contributed by atoms with Crippen LogP contribution >= 0.6 is 0 Å². The first-order chi connectivity index (χ1) is 10.9. The number of fused-ring (bicyclic) bond motifs is 1. The largest absolute Gasteiger partial charge is 0.466 e. The maximum Gasteiger partial charge on any atom is 0.310 e. The van der Waals surface area contributed by atoms with Crippen molar-refractivity contribution >= 4 is 22.8 Å². The molecule has 7 heteroatoms. The number of hydrogen-bond acceptors (Lipinski definition) is 5. The molecule has 7 nitrogen and oxygen atoms in total. The highest BCUT2D eigenvalue weighted by molar-refractivity contribution is 5.93. The van der Waals surface area contributed by atoms with Gasteiger partial charge < -0.3 is 15.0 Å². The number of nitrogens with one attached hydrogen (secondary N) is 2. The number of aromatic nitrogens is 2. The normalized spacial score (nSPS) is 13.3. The maximum absolute atomic E-state index is 12.2. The number of amides is 1. The Bertz CT molecular complexity index is 784. The number of hydrogen-bond donors (Lipinski definition) is 2. The number of H-pyrrole nitrogens is 1. The monoisotopic (exact) mass is 317 g/mol. The molecule has 0 radical (unpaired) electrons. The molecule has 0 saturated heterocycles. The van der Waals surface area contributed by atoms with Gasteiger partial charge >= 0.3 is 5.97 Å². The summed E-state index contributed by atoms with van der Waals surface area (Å²) < 4.78 is 4.93. The second-order valence-corrected chi connectivity index (χ2v) is 5.23. The Labute approximate surface area is 133 Å². The van der Waals surface area contributed by atoms with Gasteiger partial charge in [0, 0.05) is 6.04 Å². The van der Waals surface area contributed by atoms with Crippen molar-refractivity contribution in [2.45, 2.75) is 26.8 Å². The van der Waals surface area contributed by atoms with E-state index in [0.29, 0.717) is 10.9 Å². The topological polar surface area (TPSA) is 101 Å². The lowest BCUT2D eigenvalue weighted by Crippen LogP contribution is -2.41. The number of nitrogens with zero attached hydrogens (tertiary/aromatic N) is 1.